The quantitative estimate of drug-likeness (QED) is 0.510. The Balaban J connectivity index is 1.70. The Morgan fingerprint density at radius 2 is 1.77 bits per heavy atom. The van der Waals surface area contributed by atoms with Crippen LogP contribution in [0.25, 0.3) is 0 Å². The topological polar surface area (TPSA) is 75.7 Å². The number of ether oxygens (including phenoxy) is 1. The molecule has 0 bridgehead atoms. The normalized spacial score (nSPS) is 14.4. The number of nitrogens with zero attached hydrogens (tertiary/aromatic N) is 1. The predicted octanol–water partition coefficient (Wildman–Crippen LogP) is 4.07. The fourth-order valence-electron chi connectivity index (χ4n) is 3.57. The molecule has 0 spiro atoms. The summed E-state index contributed by atoms with van der Waals surface area (Å²) in [5.41, 5.74) is 0.419. The molecule has 2 aromatic rings. The van der Waals surface area contributed by atoms with Gasteiger partial charge in [-0.25, -0.2) is 8.42 Å². The van der Waals surface area contributed by atoms with Gasteiger partial charge in [-0.1, -0.05) is 31.0 Å². The van der Waals surface area contributed by atoms with Crippen LogP contribution >= 0.6 is 11.8 Å². The van der Waals surface area contributed by atoms with Crippen molar-refractivity contribution in [2.24, 2.45) is 0 Å². The van der Waals surface area contributed by atoms with Crippen molar-refractivity contribution < 1.29 is 17.9 Å². The average Bonchev–Trinajstić information content (AvgIpc) is 3.30. The largest absolute Gasteiger partial charge is 0.494 e. The van der Waals surface area contributed by atoms with E-state index in [0.29, 0.717) is 29.8 Å². The molecule has 1 aliphatic rings. The summed E-state index contributed by atoms with van der Waals surface area (Å²) in [7, 11) is -3.89. The number of nitrogens with one attached hydrogen (secondary N) is 1. The lowest BCUT2D eigenvalue weighted by Gasteiger charge is -2.24. The molecule has 1 N–H and O–H groups in total. The highest BCUT2D eigenvalue weighted by Gasteiger charge is 2.27. The van der Waals surface area contributed by atoms with Crippen LogP contribution in [0.5, 0.6) is 5.75 Å². The monoisotopic (exact) mass is 462 g/mol. The zero-order valence-corrected chi connectivity index (χ0v) is 19.5. The third kappa shape index (κ3) is 6.64. The Morgan fingerprint density at radius 3 is 2.42 bits per heavy atom. The molecule has 168 valence electrons. The number of thioether (sulfide) groups is 1. The van der Waals surface area contributed by atoms with Crippen molar-refractivity contribution in [3.8, 4) is 5.75 Å². The summed E-state index contributed by atoms with van der Waals surface area (Å²) in [6.45, 7) is 2.66. The van der Waals surface area contributed by atoms with Crippen LogP contribution in [-0.4, -0.2) is 45.0 Å². The van der Waals surface area contributed by atoms with Crippen molar-refractivity contribution in [2.45, 2.75) is 42.8 Å². The van der Waals surface area contributed by atoms with Gasteiger partial charge in [-0.2, -0.15) is 11.8 Å². The summed E-state index contributed by atoms with van der Waals surface area (Å²) in [6, 6.07) is 14.9. The van der Waals surface area contributed by atoms with Crippen LogP contribution in [0.1, 0.15) is 32.6 Å². The Morgan fingerprint density at radius 1 is 1.10 bits per heavy atom. The highest BCUT2D eigenvalue weighted by Crippen LogP contribution is 2.29. The predicted molar refractivity (Wildman–Crippen MR) is 126 cm³/mol. The molecular weight excluding hydrogens is 432 g/mol. The summed E-state index contributed by atoms with van der Waals surface area (Å²) >= 11 is 1.89. The number of carbonyl (C=O) groups is 1. The number of carbonyl (C=O) groups excluding carboxylic acids is 1. The van der Waals surface area contributed by atoms with Gasteiger partial charge >= 0.3 is 0 Å². The Hall–Kier alpha value is -2.19. The second-order valence-electron chi connectivity index (χ2n) is 7.38. The van der Waals surface area contributed by atoms with Gasteiger partial charge in [-0.05, 0) is 56.2 Å². The minimum absolute atomic E-state index is 0.147. The zero-order chi connectivity index (χ0) is 22.1. The standard InChI is InChI=1S/C23H30N2O4S2/c1-2-29-20-14-12-19(13-15-20)25(31(27,28)22-10-4-3-5-11-22)18-23(26)24-16-17-30-21-8-6-7-9-21/h3-5,10-15,21H,2,6-9,16-18H2,1H3,(H,24,26). The number of benzene rings is 2. The van der Waals surface area contributed by atoms with Crippen molar-refractivity contribution in [3.05, 3.63) is 54.6 Å². The van der Waals surface area contributed by atoms with Crippen LogP contribution in [0.3, 0.4) is 0 Å². The third-order valence-corrected chi connectivity index (χ3v) is 8.30. The SMILES string of the molecule is CCOc1ccc(N(CC(=O)NCCSC2CCCC2)S(=O)(=O)c2ccccc2)cc1. The molecule has 1 saturated carbocycles. The maximum absolute atomic E-state index is 13.3. The van der Waals surface area contributed by atoms with Gasteiger partial charge in [-0.15, -0.1) is 0 Å². The van der Waals surface area contributed by atoms with Crippen molar-refractivity contribution in [3.63, 3.8) is 0 Å². The molecule has 0 heterocycles. The lowest BCUT2D eigenvalue weighted by molar-refractivity contribution is -0.119. The van der Waals surface area contributed by atoms with E-state index in [0.717, 1.165) is 10.1 Å². The molecule has 1 aliphatic carbocycles. The first kappa shape index (κ1) is 23.5. The smallest absolute Gasteiger partial charge is 0.264 e. The Kier molecular flexibility index (Phi) is 8.66. The van der Waals surface area contributed by atoms with E-state index in [1.807, 2.05) is 18.7 Å². The average molecular weight is 463 g/mol. The Bertz CT molecular complexity index is 928. The van der Waals surface area contributed by atoms with Gasteiger partial charge in [0.15, 0.2) is 0 Å². The van der Waals surface area contributed by atoms with Crippen molar-refractivity contribution in [1.29, 1.82) is 0 Å². The van der Waals surface area contributed by atoms with E-state index in [-0.39, 0.29) is 17.3 Å². The van der Waals surface area contributed by atoms with Crippen molar-refractivity contribution >= 4 is 33.4 Å². The molecule has 31 heavy (non-hydrogen) atoms. The number of rotatable bonds is 11. The summed E-state index contributed by atoms with van der Waals surface area (Å²) in [4.78, 5) is 12.8. The van der Waals surface area contributed by atoms with E-state index in [9.17, 15) is 13.2 Å². The first-order valence-corrected chi connectivity index (χ1v) is 13.2. The van der Waals surface area contributed by atoms with E-state index in [1.54, 1.807) is 42.5 Å². The third-order valence-electron chi connectivity index (χ3n) is 5.13. The van der Waals surface area contributed by atoms with Crippen LogP contribution < -0.4 is 14.4 Å². The minimum atomic E-state index is -3.89. The molecule has 0 unspecified atom stereocenters. The molecule has 0 aromatic heterocycles. The number of hydrogen-bond acceptors (Lipinski definition) is 5. The van der Waals surface area contributed by atoms with Gasteiger partial charge in [0.2, 0.25) is 5.91 Å². The number of hydrogen-bond donors (Lipinski definition) is 1. The lowest BCUT2D eigenvalue weighted by atomic mass is 10.3. The molecular formula is C23H30N2O4S2. The van der Waals surface area contributed by atoms with Crippen LogP contribution in [0.2, 0.25) is 0 Å². The molecule has 1 fully saturated rings. The van der Waals surface area contributed by atoms with Crippen LogP contribution in [0.15, 0.2) is 59.5 Å². The van der Waals surface area contributed by atoms with Crippen LogP contribution in [0, 0.1) is 0 Å². The second kappa shape index (κ2) is 11.4. The van der Waals surface area contributed by atoms with Crippen molar-refractivity contribution in [2.75, 3.05) is 29.8 Å². The molecule has 0 saturated heterocycles. The van der Waals surface area contributed by atoms with Gasteiger partial charge < -0.3 is 10.1 Å². The molecule has 8 heteroatoms. The minimum Gasteiger partial charge on any atom is -0.494 e. The summed E-state index contributed by atoms with van der Waals surface area (Å²) < 4.78 is 33.2. The van der Waals surface area contributed by atoms with E-state index >= 15 is 0 Å². The fraction of sp³-hybridized carbons (Fsp3) is 0.435. The van der Waals surface area contributed by atoms with Crippen LogP contribution in [0.4, 0.5) is 5.69 Å². The van der Waals surface area contributed by atoms with Gasteiger partial charge in [0, 0.05) is 17.5 Å². The zero-order valence-electron chi connectivity index (χ0n) is 17.8. The first-order chi connectivity index (χ1) is 15.0. The van der Waals surface area contributed by atoms with Gasteiger partial charge in [0.05, 0.1) is 17.2 Å². The summed E-state index contributed by atoms with van der Waals surface area (Å²) in [5.74, 6) is 1.17. The van der Waals surface area contributed by atoms with E-state index < -0.39 is 10.0 Å². The van der Waals surface area contributed by atoms with Crippen molar-refractivity contribution in [1.82, 2.24) is 5.32 Å². The molecule has 0 atom stereocenters. The van der Waals surface area contributed by atoms with Crippen LogP contribution in [-0.2, 0) is 14.8 Å². The highest BCUT2D eigenvalue weighted by atomic mass is 32.2. The molecule has 3 rings (SSSR count). The van der Waals surface area contributed by atoms with Gasteiger partial charge in [0.25, 0.3) is 10.0 Å². The first-order valence-electron chi connectivity index (χ1n) is 10.7. The number of sulfonamides is 1. The van der Waals surface area contributed by atoms with Gasteiger partial charge in [0.1, 0.15) is 12.3 Å². The van der Waals surface area contributed by atoms with Gasteiger partial charge in [-0.3, -0.25) is 9.10 Å². The molecule has 0 aliphatic heterocycles. The Labute approximate surface area is 189 Å². The van der Waals surface area contributed by atoms with E-state index in [1.165, 1.54) is 37.8 Å². The molecule has 6 nitrogen and oxygen atoms in total. The van der Waals surface area contributed by atoms with E-state index in [2.05, 4.69) is 5.32 Å². The number of amides is 1. The fourth-order valence-corrected chi connectivity index (χ4v) is 6.23. The van der Waals surface area contributed by atoms with E-state index in [4.69, 9.17) is 4.74 Å². The maximum Gasteiger partial charge on any atom is 0.264 e. The maximum atomic E-state index is 13.3. The molecule has 0 radical (unpaired) electrons. The summed E-state index contributed by atoms with van der Waals surface area (Å²) in [5, 5.41) is 3.56. The molecule has 2 aromatic carbocycles. The molecule has 1 amide bonds. The lowest BCUT2D eigenvalue weighted by Crippen LogP contribution is -2.41. The second-order valence-corrected chi connectivity index (χ2v) is 10.6. The summed E-state index contributed by atoms with van der Waals surface area (Å²) in [6.07, 6.45) is 5.08. The highest BCUT2D eigenvalue weighted by molar-refractivity contribution is 7.99. The number of anilines is 1.